The van der Waals surface area contributed by atoms with E-state index in [-0.39, 0.29) is 23.4 Å². The maximum absolute atomic E-state index is 6.07. The highest BCUT2D eigenvalue weighted by atomic mass is 79.9. The predicted molar refractivity (Wildman–Crippen MR) is 84.8 cm³/mol. The van der Waals surface area contributed by atoms with E-state index in [4.69, 9.17) is 44.3 Å². The number of hydrogen-bond acceptors (Lipinski definition) is 5. The fourth-order valence-corrected chi connectivity index (χ4v) is 2.28. The largest absolute Gasteiger partial charge is 0.461 e. The molecule has 0 saturated heterocycles. The predicted octanol–water partition coefficient (Wildman–Crippen LogP) is 5.17. The van der Waals surface area contributed by atoms with Crippen LogP contribution in [0.1, 0.15) is 13.8 Å². The van der Waals surface area contributed by atoms with Gasteiger partial charge in [-0.05, 0) is 47.4 Å². The van der Waals surface area contributed by atoms with Crippen LogP contribution in [0.5, 0.6) is 17.8 Å². The second-order valence-electron chi connectivity index (χ2n) is 4.13. The molecule has 2 aromatic rings. The topological polar surface area (TPSA) is 57.1 Å². The van der Waals surface area contributed by atoms with Gasteiger partial charge in [0, 0.05) is 10.5 Å². The van der Waals surface area contributed by atoms with E-state index in [1.807, 2.05) is 13.8 Å². The van der Waals surface area contributed by atoms with Crippen molar-refractivity contribution in [2.45, 2.75) is 20.0 Å². The van der Waals surface area contributed by atoms with Crippen LogP contribution >= 0.6 is 50.7 Å². The molecule has 0 N–H and O–H groups in total. The van der Waals surface area contributed by atoms with Crippen LogP contribution in [-0.4, -0.2) is 21.1 Å². The molecule has 1 aromatic carbocycles. The highest BCUT2D eigenvalue weighted by molar-refractivity contribution is 9.10. The van der Waals surface area contributed by atoms with Crippen LogP contribution < -0.4 is 9.47 Å². The second kappa shape index (κ2) is 6.96. The zero-order valence-electron chi connectivity index (χ0n) is 10.9. The van der Waals surface area contributed by atoms with Crippen LogP contribution in [0.4, 0.5) is 0 Å². The summed E-state index contributed by atoms with van der Waals surface area (Å²) in [5.74, 6) is 0.294. The average molecular weight is 413 g/mol. The zero-order chi connectivity index (χ0) is 15.6. The van der Waals surface area contributed by atoms with Gasteiger partial charge in [-0.2, -0.15) is 9.97 Å². The Labute approximate surface area is 144 Å². The molecule has 21 heavy (non-hydrogen) atoms. The number of aromatic nitrogens is 3. The molecule has 2 rings (SSSR count). The van der Waals surface area contributed by atoms with E-state index < -0.39 is 0 Å². The molecule has 0 atom stereocenters. The van der Waals surface area contributed by atoms with Crippen molar-refractivity contribution in [2.24, 2.45) is 0 Å². The summed E-state index contributed by atoms with van der Waals surface area (Å²) in [6.45, 7) is 3.67. The molecule has 0 bridgehead atoms. The number of halogens is 4. The molecule has 1 heterocycles. The highest BCUT2D eigenvalue weighted by Gasteiger charge is 2.13. The van der Waals surface area contributed by atoms with Gasteiger partial charge in [-0.3, -0.25) is 0 Å². The monoisotopic (exact) mass is 411 g/mol. The Hall–Kier alpha value is -0.820. The molecule has 0 saturated carbocycles. The second-order valence-corrected chi connectivity index (χ2v) is 6.14. The first-order valence-corrected chi connectivity index (χ1v) is 7.68. The van der Waals surface area contributed by atoms with Crippen LogP contribution in [0.25, 0.3) is 0 Å². The van der Waals surface area contributed by atoms with E-state index >= 15 is 0 Å². The first-order valence-electron chi connectivity index (χ1n) is 5.76. The number of rotatable bonds is 4. The van der Waals surface area contributed by atoms with E-state index in [1.54, 1.807) is 6.07 Å². The zero-order valence-corrected chi connectivity index (χ0v) is 14.8. The SMILES string of the molecule is CC(C)Oc1nc(Cl)nc(Oc2cc(Cl)c(Br)cc2Cl)n1. The van der Waals surface area contributed by atoms with Crippen LogP contribution in [-0.2, 0) is 0 Å². The van der Waals surface area contributed by atoms with E-state index in [0.29, 0.717) is 20.3 Å². The van der Waals surface area contributed by atoms with Crippen molar-refractivity contribution < 1.29 is 9.47 Å². The molecule has 0 aliphatic carbocycles. The third-order valence-corrected chi connectivity index (χ3v) is 3.75. The van der Waals surface area contributed by atoms with Crippen molar-refractivity contribution in [2.75, 3.05) is 0 Å². The first-order chi connectivity index (χ1) is 9.85. The lowest BCUT2D eigenvalue weighted by atomic mass is 10.3. The average Bonchev–Trinajstić information content (AvgIpc) is 2.34. The summed E-state index contributed by atoms with van der Waals surface area (Å²) < 4.78 is 11.5. The fourth-order valence-electron chi connectivity index (χ4n) is 1.30. The van der Waals surface area contributed by atoms with Crippen molar-refractivity contribution >= 4 is 50.7 Å². The summed E-state index contributed by atoms with van der Waals surface area (Å²) >= 11 is 21.1. The Morgan fingerprint density at radius 2 is 1.67 bits per heavy atom. The Morgan fingerprint density at radius 3 is 2.33 bits per heavy atom. The third kappa shape index (κ3) is 4.57. The molecule has 5 nitrogen and oxygen atoms in total. The lowest BCUT2D eigenvalue weighted by Gasteiger charge is -2.10. The van der Waals surface area contributed by atoms with Gasteiger partial charge >= 0.3 is 12.0 Å². The molecule has 0 aliphatic heterocycles. The van der Waals surface area contributed by atoms with Crippen molar-refractivity contribution in [3.63, 3.8) is 0 Å². The van der Waals surface area contributed by atoms with Gasteiger partial charge in [-0.15, -0.1) is 4.98 Å². The van der Waals surface area contributed by atoms with E-state index in [9.17, 15) is 0 Å². The van der Waals surface area contributed by atoms with Crippen LogP contribution in [0.15, 0.2) is 16.6 Å². The third-order valence-electron chi connectivity index (χ3n) is 2.08. The minimum Gasteiger partial charge on any atom is -0.461 e. The Bertz CT molecular complexity index is 670. The maximum Gasteiger partial charge on any atom is 0.329 e. The summed E-state index contributed by atoms with van der Waals surface area (Å²) in [6, 6.07) is 3.17. The summed E-state index contributed by atoms with van der Waals surface area (Å²) in [7, 11) is 0. The van der Waals surface area contributed by atoms with E-state index in [0.717, 1.165) is 0 Å². The fraction of sp³-hybridized carbons (Fsp3) is 0.250. The quantitative estimate of drug-likeness (QED) is 0.647. The van der Waals surface area contributed by atoms with Crippen molar-refractivity contribution in [1.29, 1.82) is 0 Å². The molecular weight excluding hydrogens is 404 g/mol. The van der Waals surface area contributed by atoms with Crippen molar-refractivity contribution in [1.82, 2.24) is 15.0 Å². The van der Waals surface area contributed by atoms with Gasteiger partial charge in [0.15, 0.2) is 5.75 Å². The van der Waals surface area contributed by atoms with Gasteiger partial charge in [0.25, 0.3) is 0 Å². The summed E-state index contributed by atoms with van der Waals surface area (Å²) in [6.07, 6.45) is -0.109. The Balaban J connectivity index is 2.31. The standard InChI is InChI=1S/C12H9BrCl3N3O2/c1-5(2)20-11-17-10(16)18-12(19-11)21-9-4-7(14)6(13)3-8(9)15/h3-5H,1-2H3. The van der Waals surface area contributed by atoms with Crippen molar-refractivity contribution in [3.8, 4) is 17.8 Å². The van der Waals surface area contributed by atoms with Crippen molar-refractivity contribution in [3.05, 3.63) is 31.9 Å². The molecule has 0 radical (unpaired) electrons. The summed E-state index contributed by atoms with van der Waals surface area (Å²) in [5, 5.41) is 0.734. The lowest BCUT2D eigenvalue weighted by molar-refractivity contribution is 0.218. The van der Waals surface area contributed by atoms with Gasteiger partial charge in [-0.1, -0.05) is 23.2 Å². The van der Waals surface area contributed by atoms with Gasteiger partial charge in [-0.25, -0.2) is 0 Å². The number of hydrogen-bond donors (Lipinski definition) is 0. The molecule has 0 unspecified atom stereocenters. The maximum atomic E-state index is 6.07. The smallest absolute Gasteiger partial charge is 0.329 e. The molecule has 0 aliphatic rings. The molecule has 0 spiro atoms. The Morgan fingerprint density at radius 1 is 1.00 bits per heavy atom. The number of nitrogens with zero attached hydrogens (tertiary/aromatic N) is 3. The molecule has 9 heteroatoms. The molecule has 112 valence electrons. The first kappa shape index (κ1) is 16.5. The van der Waals surface area contributed by atoms with Gasteiger partial charge in [0.05, 0.1) is 16.1 Å². The van der Waals surface area contributed by atoms with Gasteiger partial charge in [0.2, 0.25) is 5.28 Å². The number of ether oxygens (including phenoxy) is 2. The normalized spacial score (nSPS) is 10.8. The van der Waals surface area contributed by atoms with Crippen LogP contribution in [0.3, 0.4) is 0 Å². The highest BCUT2D eigenvalue weighted by Crippen LogP contribution is 2.36. The summed E-state index contributed by atoms with van der Waals surface area (Å²) in [5.41, 5.74) is 0. The summed E-state index contributed by atoms with van der Waals surface area (Å²) in [4.78, 5) is 11.7. The van der Waals surface area contributed by atoms with E-state index in [2.05, 4.69) is 30.9 Å². The molecule has 1 aromatic heterocycles. The van der Waals surface area contributed by atoms with Gasteiger partial charge < -0.3 is 9.47 Å². The minimum atomic E-state index is -0.109. The lowest BCUT2D eigenvalue weighted by Crippen LogP contribution is -2.09. The number of benzene rings is 1. The molecule has 0 amide bonds. The van der Waals surface area contributed by atoms with Gasteiger partial charge in [0.1, 0.15) is 0 Å². The molecular formula is C12H9BrCl3N3O2. The molecule has 0 fully saturated rings. The van der Waals surface area contributed by atoms with Crippen LogP contribution in [0.2, 0.25) is 15.3 Å². The minimum absolute atomic E-state index is 0.0362. The van der Waals surface area contributed by atoms with Crippen LogP contribution in [0, 0.1) is 0 Å². The Kier molecular flexibility index (Phi) is 5.48. The van der Waals surface area contributed by atoms with E-state index in [1.165, 1.54) is 6.07 Å².